The van der Waals surface area contributed by atoms with Crippen LogP contribution < -0.4 is 10.2 Å². The average molecular weight is 411 g/mol. The molecule has 0 unspecified atom stereocenters. The number of nitrogens with one attached hydrogen (secondary N) is 1. The SMILES string of the molecule is Cc1ccc(Cl)cc1NC(=O)c1ccccc1N1C(=O)[C@@H]2CC[C@H](C)C[C@H]2C1=O. The van der Waals surface area contributed by atoms with Gasteiger partial charge < -0.3 is 5.32 Å². The van der Waals surface area contributed by atoms with Crippen LogP contribution in [0, 0.1) is 24.7 Å². The van der Waals surface area contributed by atoms with Crippen LogP contribution in [0.1, 0.15) is 42.1 Å². The van der Waals surface area contributed by atoms with Gasteiger partial charge in [-0.15, -0.1) is 0 Å². The zero-order valence-corrected chi connectivity index (χ0v) is 17.2. The van der Waals surface area contributed by atoms with Gasteiger partial charge in [-0.1, -0.05) is 36.7 Å². The highest BCUT2D eigenvalue weighted by atomic mass is 35.5. The van der Waals surface area contributed by atoms with Crippen LogP contribution in [0.25, 0.3) is 0 Å². The third kappa shape index (κ3) is 3.55. The van der Waals surface area contributed by atoms with E-state index < -0.39 is 0 Å². The van der Waals surface area contributed by atoms with E-state index in [1.807, 2.05) is 13.0 Å². The molecule has 2 aromatic rings. The van der Waals surface area contributed by atoms with E-state index in [0.29, 0.717) is 27.9 Å². The van der Waals surface area contributed by atoms with E-state index >= 15 is 0 Å². The minimum absolute atomic E-state index is 0.189. The Balaban J connectivity index is 1.67. The van der Waals surface area contributed by atoms with E-state index in [9.17, 15) is 14.4 Å². The molecule has 0 radical (unpaired) electrons. The van der Waals surface area contributed by atoms with Crippen LogP contribution in [0.5, 0.6) is 0 Å². The Morgan fingerprint density at radius 2 is 1.79 bits per heavy atom. The van der Waals surface area contributed by atoms with Gasteiger partial charge in [0, 0.05) is 10.7 Å². The fourth-order valence-corrected chi connectivity index (χ4v) is 4.58. The van der Waals surface area contributed by atoms with Crippen LogP contribution >= 0.6 is 11.6 Å². The summed E-state index contributed by atoms with van der Waals surface area (Å²) in [6.07, 6.45) is 2.40. The second kappa shape index (κ2) is 7.64. The summed E-state index contributed by atoms with van der Waals surface area (Å²) < 4.78 is 0. The second-order valence-corrected chi connectivity index (χ2v) is 8.51. The monoisotopic (exact) mass is 410 g/mol. The summed E-state index contributed by atoms with van der Waals surface area (Å²) in [5, 5.41) is 3.37. The van der Waals surface area contributed by atoms with Gasteiger partial charge in [-0.2, -0.15) is 0 Å². The molecule has 5 nitrogen and oxygen atoms in total. The Labute approximate surface area is 175 Å². The predicted octanol–water partition coefficient (Wildman–Crippen LogP) is 4.83. The molecule has 150 valence electrons. The van der Waals surface area contributed by atoms with Crippen molar-refractivity contribution in [3.8, 4) is 0 Å². The standard InChI is InChI=1S/C23H23ClN2O3/c1-13-7-10-16-18(11-13)23(29)26(22(16)28)20-6-4-3-5-17(20)21(27)25-19-12-15(24)9-8-14(19)2/h3-6,8-9,12-13,16,18H,7,10-11H2,1-2H3,(H,25,27)/t13-,16+,18+/m0/s1. The molecule has 1 heterocycles. The number of aryl methyl sites for hydroxylation is 1. The number of carbonyl (C=O) groups is 3. The first-order valence-electron chi connectivity index (χ1n) is 9.91. The van der Waals surface area contributed by atoms with Crippen LogP contribution in [0.3, 0.4) is 0 Å². The van der Waals surface area contributed by atoms with Crippen molar-refractivity contribution in [3.05, 3.63) is 58.6 Å². The summed E-state index contributed by atoms with van der Waals surface area (Å²) in [5.74, 6) is -0.883. The number of carbonyl (C=O) groups excluding carboxylic acids is 3. The zero-order valence-electron chi connectivity index (χ0n) is 16.4. The summed E-state index contributed by atoms with van der Waals surface area (Å²) in [7, 11) is 0. The molecule has 4 rings (SSSR count). The molecule has 2 fully saturated rings. The number of nitrogens with zero attached hydrogens (tertiary/aromatic N) is 1. The Kier molecular flexibility index (Phi) is 5.17. The van der Waals surface area contributed by atoms with E-state index in [4.69, 9.17) is 11.6 Å². The molecule has 3 amide bonds. The topological polar surface area (TPSA) is 66.5 Å². The van der Waals surface area contributed by atoms with E-state index in [1.54, 1.807) is 36.4 Å². The Bertz CT molecular complexity index is 1000. The lowest BCUT2D eigenvalue weighted by molar-refractivity contribution is -0.122. The summed E-state index contributed by atoms with van der Waals surface area (Å²) in [6.45, 7) is 3.99. The number of halogens is 1. The molecule has 1 aliphatic carbocycles. The largest absolute Gasteiger partial charge is 0.322 e. The number of hydrogen-bond donors (Lipinski definition) is 1. The maximum Gasteiger partial charge on any atom is 0.257 e. The quantitative estimate of drug-likeness (QED) is 0.737. The third-order valence-electron chi connectivity index (χ3n) is 6.03. The lowest BCUT2D eigenvalue weighted by Gasteiger charge is -2.25. The number of para-hydroxylation sites is 1. The van der Waals surface area contributed by atoms with E-state index in [-0.39, 0.29) is 29.6 Å². The molecular formula is C23H23ClN2O3. The molecular weight excluding hydrogens is 388 g/mol. The fraction of sp³-hybridized carbons (Fsp3) is 0.348. The van der Waals surface area contributed by atoms with Crippen molar-refractivity contribution in [1.29, 1.82) is 0 Å². The van der Waals surface area contributed by atoms with E-state index in [1.165, 1.54) is 4.90 Å². The summed E-state index contributed by atoms with van der Waals surface area (Å²) >= 11 is 6.05. The maximum absolute atomic E-state index is 13.1. The molecule has 0 bridgehead atoms. The summed E-state index contributed by atoms with van der Waals surface area (Å²) in [4.78, 5) is 40.4. The highest BCUT2D eigenvalue weighted by molar-refractivity contribution is 6.31. The molecule has 0 aromatic heterocycles. The van der Waals surface area contributed by atoms with Crippen molar-refractivity contribution in [2.75, 3.05) is 10.2 Å². The molecule has 0 spiro atoms. The lowest BCUT2D eigenvalue weighted by Crippen LogP contribution is -2.33. The van der Waals surface area contributed by atoms with Gasteiger partial charge in [0.05, 0.1) is 23.1 Å². The minimum atomic E-state index is -0.380. The Morgan fingerprint density at radius 3 is 2.59 bits per heavy atom. The smallest absolute Gasteiger partial charge is 0.257 e. The predicted molar refractivity (Wildman–Crippen MR) is 113 cm³/mol. The Morgan fingerprint density at radius 1 is 1.07 bits per heavy atom. The van der Waals surface area contributed by atoms with Gasteiger partial charge in [0.1, 0.15) is 0 Å². The first-order valence-corrected chi connectivity index (χ1v) is 10.3. The van der Waals surface area contributed by atoms with Crippen LogP contribution in [0.4, 0.5) is 11.4 Å². The molecule has 29 heavy (non-hydrogen) atoms. The number of benzene rings is 2. The normalized spacial score (nSPS) is 23.8. The van der Waals surface area contributed by atoms with Crippen molar-refractivity contribution in [1.82, 2.24) is 0 Å². The second-order valence-electron chi connectivity index (χ2n) is 8.07. The number of rotatable bonds is 3. The first kappa shape index (κ1) is 19.6. The van der Waals surface area contributed by atoms with Crippen molar-refractivity contribution in [3.63, 3.8) is 0 Å². The van der Waals surface area contributed by atoms with Crippen LogP contribution in [-0.4, -0.2) is 17.7 Å². The number of fused-ring (bicyclic) bond motifs is 1. The van der Waals surface area contributed by atoms with Crippen molar-refractivity contribution < 1.29 is 14.4 Å². The third-order valence-corrected chi connectivity index (χ3v) is 6.26. The van der Waals surface area contributed by atoms with E-state index in [2.05, 4.69) is 12.2 Å². The van der Waals surface area contributed by atoms with Gasteiger partial charge in [0.2, 0.25) is 11.8 Å². The van der Waals surface area contributed by atoms with E-state index in [0.717, 1.165) is 24.8 Å². The van der Waals surface area contributed by atoms with Gasteiger partial charge in [0.25, 0.3) is 5.91 Å². The molecule has 1 saturated carbocycles. The molecule has 1 aliphatic heterocycles. The molecule has 2 aliphatic rings. The molecule has 2 aromatic carbocycles. The molecule has 6 heteroatoms. The fourth-order valence-electron chi connectivity index (χ4n) is 4.41. The van der Waals surface area contributed by atoms with Crippen molar-refractivity contribution in [2.24, 2.45) is 17.8 Å². The summed E-state index contributed by atoms with van der Waals surface area (Å²) in [5.41, 5.74) is 2.11. The number of imide groups is 1. The number of anilines is 2. The zero-order chi connectivity index (χ0) is 20.7. The lowest BCUT2D eigenvalue weighted by atomic mass is 9.76. The van der Waals surface area contributed by atoms with Gasteiger partial charge in [-0.05, 0) is 61.9 Å². The van der Waals surface area contributed by atoms with Crippen LogP contribution in [0.15, 0.2) is 42.5 Å². The minimum Gasteiger partial charge on any atom is -0.322 e. The van der Waals surface area contributed by atoms with Crippen LogP contribution in [0.2, 0.25) is 5.02 Å². The summed E-state index contributed by atoms with van der Waals surface area (Å²) in [6, 6.07) is 12.0. The van der Waals surface area contributed by atoms with Gasteiger partial charge in [-0.3, -0.25) is 14.4 Å². The molecule has 1 N–H and O–H groups in total. The highest BCUT2D eigenvalue weighted by Gasteiger charge is 2.50. The van der Waals surface area contributed by atoms with Gasteiger partial charge in [0.15, 0.2) is 0 Å². The molecule has 1 saturated heterocycles. The highest BCUT2D eigenvalue weighted by Crippen LogP contribution is 2.42. The first-order chi connectivity index (χ1) is 13.9. The Hall–Kier alpha value is -2.66. The maximum atomic E-state index is 13.1. The van der Waals surface area contributed by atoms with Crippen molar-refractivity contribution in [2.45, 2.75) is 33.1 Å². The van der Waals surface area contributed by atoms with Gasteiger partial charge in [-0.25, -0.2) is 4.90 Å². The van der Waals surface area contributed by atoms with Crippen LogP contribution in [-0.2, 0) is 9.59 Å². The average Bonchev–Trinajstić information content (AvgIpc) is 2.94. The molecule has 3 atom stereocenters. The number of amides is 3. The number of hydrogen-bond acceptors (Lipinski definition) is 3. The van der Waals surface area contributed by atoms with Gasteiger partial charge >= 0.3 is 0 Å². The van der Waals surface area contributed by atoms with Crippen molar-refractivity contribution >= 4 is 40.7 Å².